The molecule has 2 nitrogen and oxygen atoms in total. The van der Waals surface area contributed by atoms with Gasteiger partial charge in [-0.25, -0.2) is 0 Å². The van der Waals surface area contributed by atoms with Gasteiger partial charge in [-0.15, -0.1) is 0 Å². The van der Waals surface area contributed by atoms with Gasteiger partial charge in [-0.05, 0) is 39.3 Å². The van der Waals surface area contributed by atoms with Gasteiger partial charge < -0.3 is 10.3 Å². The summed E-state index contributed by atoms with van der Waals surface area (Å²) in [5, 5.41) is 3.43. The largest absolute Gasteiger partial charge is 0.364 e. The summed E-state index contributed by atoms with van der Waals surface area (Å²) < 4.78 is 0. The molecule has 0 fully saturated rings. The highest BCUT2D eigenvalue weighted by molar-refractivity contribution is 5.18. The molecule has 0 aliphatic heterocycles. The summed E-state index contributed by atoms with van der Waals surface area (Å²) >= 11 is 0. The second-order valence-corrected chi connectivity index (χ2v) is 4.24. The maximum absolute atomic E-state index is 3.43. The van der Waals surface area contributed by atoms with Crippen molar-refractivity contribution in [2.24, 2.45) is 0 Å². The van der Waals surface area contributed by atoms with Gasteiger partial charge >= 0.3 is 0 Å². The van der Waals surface area contributed by atoms with Crippen molar-refractivity contribution < 1.29 is 0 Å². The van der Waals surface area contributed by atoms with E-state index in [1.165, 1.54) is 11.3 Å². The van der Waals surface area contributed by atoms with E-state index in [1.807, 2.05) is 6.20 Å². The van der Waals surface area contributed by atoms with Crippen molar-refractivity contribution in [3.8, 4) is 0 Å². The van der Waals surface area contributed by atoms with Gasteiger partial charge in [-0.2, -0.15) is 0 Å². The quantitative estimate of drug-likeness (QED) is 0.692. The normalized spacial score (nSPS) is 12.0. The summed E-state index contributed by atoms with van der Waals surface area (Å²) in [6, 6.07) is 2.10. The van der Waals surface area contributed by atoms with Crippen LogP contribution in [0.1, 0.15) is 32.0 Å². The fraction of sp³-hybridized carbons (Fsp3) is 0.600. The summed E-state index contributed by atoms with van der Waals surface area (Å²) in [5.74, 6) is 0. The number of rotatable bonds is 2. The Morgan fingerprint density at radius 3 is 2.50 bits per heavy atom. The molecule has 1 aromatic heterocycles. The molecule has 2 heteroatoms. The summed E-state index contributed by atoms with van der Waals surface area (Å²) in [4.78, 5) is 3.22. The van der Waals surface area contributed by atoms with E-state index in [1.54, 1.807) is 0 Å². The van der Waals surface area contributed by atoms with Crippen LogP contribution in [0.4, 0.5) is 0 Å². The minimum Gasteiger partial charge on any atom is -0.364 e. The highest BCUT2D eigenvalue weighted by atomic mass is 15.0. The van der Waals surface area contributed by atoms with E-state index in [-0.39, 0.29) is 5.54 Å². The van der Waals surface area contributed by atoms with Crippen LogP contribution in [0.5, 0.6) is 0 Å². The van der Waals surface area contributed by atoms with E-state index < -0.39 is 0 Å². The van der Waals surface area contributed by atoms with Crippen LogP contribution in [0.15, 0.2) is 12.3 Å². The Balaban J connectivity index is 2.49. The van der Waals surface area contributed by atoms with E-state index in [0.717, 1.165) is 6.54 Å². The minimum absolute atomic E-state index is 0.192. The molecule has 0 aliphatic carbocycles. The molecule has 1 aromatic rings. The van der Waals surface area contributed by atoms with Gasteiger partial charge in [0.25, 0.3) is 0 Å². The molecule has 0 aliphatic rings. The Morgan fingerprint density at radius 2 is 2.08 bits per heavy atom. The van der Waals surface area contributed by atoms with Crippen LogP contribution in [0.2, 0.25) is 0 Å². The molecule has 0 spiro atoms. The van der Waals surface area contributed by atoms with Gasteiger partial charge in [0.05, 0.1) is 0 Å². The first-order valence-electron chi connectivity index (χ1n) is 4.37. The molecule has 0 saturated carbocycles. The van der Waals surface area contributed by atoms with Crippen LogP contribution >= 0.6 is 0 Å². The third-order valence-electron chi connectivity index (χ3n) is 1.86. The first-order chi connectivity index (χ1) is 5.49. The zero-order valence-corrected chi connectivity index (χ0v) is 8.36. The van der Waals surface area contributed by atoms with Crippen molar-refractivity contribution in [3.05, 3.63) is 23.5 Å². The average molecular weight is 166 g/mol. The zero-order valence-electron chi connectivity index (χ0n) is 8.36. The molecule has 68 valence electrons. The van der Waals surface area contributed by atoms with Gasteiger partial charge in [0.15, 0.2) is 0 Å². The summed E-state index contributed by atoms with van der Waals surface area (Å²) in [6.07, 6.45) is 1.98. The molecular formula is C10H18N2. The molecule has 0 amide bonds. The third-order valence-corrected chi connectivity index (χ3v) is 1.86. The van der Waals surface area contributed by atoms with Gasteiger partial charge in [0, 0.05) is 24.0 Å². The Morgan fingerprint density at radius 1 is 1.42 bits per heavy atom. The van der Waals surface area contributed by atoms with Crippen LogP contribution in [0, 0.1) is 6.92 Å². The lowest BCUT2D eigenvalue weighted by Gasteiger charge is -2.20. The first kappa shape index (κ1) is 9.33. The Bertz CT molecular complexity index is 243. The number of aromatic amines is 1. The fourth-order valence-corrected chi connectivity index (χ4v) is 1.03. The standard InChI is InChI=1S/C10H18N2/c1-8-5-6-11-9(8)7-12-10(2,3)4/h5-6,11-12H,7H2,1-4H3. The van der Waals surface area contributed by atoms with Crippen molar-refractivity contribution in [3.63, 3.8) is 0 Å². The molecule has 12 heavy (non-hydrogen) atoms. The summed E-state index contributed by atoms with van der Waals surface area (Å²) in [5.41, 5.74) is 2.80. The molecule has 0 saturated heterocycles. The zero-order chi connectivity index (χ0) is 9.19. The number of nitrogens with one attached hydrogen (secondary N) is 2. The van der Waals surface area contributed by atoms with Gasteiger partial charge in [-0.3, -0.25) is 0 Å². The lowest BCUT2D eigenvalue weighted by Crippen LogP contribution is -2.35. The minimum atomic E-state index is 0.192. The molecule has 1 heterocycles. The molecule has 0 radical (unpaired) electrons. The number of hydrogen-bond acceptors (Lipinski definition) is 1. The monoisotopic (exact) mass is 166 g/mol. The second-order valence-electron chi connectivity index (χ2n) is 4.24. The van der Waals surface area contributed by atoms with E-state index in [4.69, 9.17) is 0 Å². The average Bonchev–Trinajstić information content (AvgIpc) is 2.29. The van der Waals surface area contributed by atoms with Crippen molar-refractivity contribution in [1.29, 1.82) is 0 Å². The molecule has 0 atom stereocenters. The van der Waals surface area contributed by atoms with E-state index in [9.17, 15) is 0 Å². The van der Waals surface area contributed by atoms with E-state index >= 15 is 0 Å². The number of aromatic nitrogens is 1. The maximum atomic E-state index is 3.43. The van der Waals surface area contributed by atoms with Crippen LogP contribution in [-0.2, 0) is 6.54 Å². The Labute approximate surface area is 74.4 Å². The van der Waals surface area contributed by atoms with E-state index in [2.05, 4.69) is 44.1 Å². The third kappa shape index (κ3) is 2.70. The lowest BCUT2D eigenvalue weighted by atomic mass is 10.1. The lowest BCUT2D eigenvalue weighted by molar-refractivity contribution is 0.421. The van der Waals surface area contributed by atoms with Crippen LogP contribution in [0.3, 0.4) is 0 Å². The van der Waals surface area contributed by atoms with Gasteiger partial charge in [-0.1, -0.05) is 0 Å². The van der Waals surface area contributed by atoms with Crippen molar-refractivity contribution >= 4 is 0 Å². The van der Waals surface area contributed by atoms with Crippen LogP contribution in [-0.4, -0.2) is 10.5 Å². The smallest absolute Gasteiger partial charge is 0.0364 e. The van der Waals surface area contributed by atoms with Crippen LogP contribution < -0.4 is 5.32 Å². The molecular weight excluding hydrogens is 148 g/mol. The fourth-order valence-electron chi connectivity index (χ4n) is 1.03. The second kappa shape index (κ2) is 3.31. The molecule has 1 rings (SSSR count). The predicted molar refractivity (Wildman–Crippen MR) is 52.1 cm³/mol. The number of hydrogen-bond donors (Lipinski definition) is 2. The first-order valence-corrected chi connectivity index (χ1v) is 4.37. The highest BCUT2D eigenvalue weighted by Crippen LogP contribution is 2.06. The van der Waals surface area contributed by atoms with Crippen LogP contribution in [0.25, 0.3) is 0 Å². The van der Waals surface area contributed by atoms with Crippen molar-refractivity contribution in [2.45, 2.75) is 39.8 Å². The number of H-pyrrole nitrogens is 1. The van der Waals surface area contributed by atoms with Gasteiger partial charge in [0.2, 0.25) is 0 Å². The Kier molecular flexibility index (Phi) is 2.58. The highest BCUT2D eigenvalue weighted by Gasteiger charge is 2.09. The Hall–Kier alpha value is -0.760. The topological polar surface area (TPSA) is 27.8 Å². The molecule has 0 bridgehead atoms. The molecule has 0 unspecified atom stereocenters. The number of aryl methyl sites for hydroxylation is 1. The summed E-state index contributed by atoms with van der Waals surface area (Å²) in [6.45, 7) is 9.56. The maximum Gasteiger partial charge on any atom is 0.0364 e. The predicted octanol–water partition coefficient (Wildman–Crippen LogP) is 2.21. The molecule has 2 N–H and O–H groups in total. The SMILES string of the molecule is Cc1cc[nH]c1CNC(C)(C)C. The van der Waals surface area contributed by atoms with Crippen molar-refractivity contribution in [1.82, 2.24) is 10.3 Å². The summed E-state index contributed by atoms with van der Waals surface area (Å²) in [7, 11) is 0. The van der Waals surface area contributed by atoms with Gasteiger partial charge in [0.1, 0.15) is 0 Å². The van der Waals surface area contributed by atoms with E-state index in [0.29, 0.717) is 0 Å². The molecule has 0 aromatic carbocycles. The van der Waals surface area contributed by atoms with Crippen molar-refractivity contribution in [2.75, 3.05) is 0 Å².